The van der Waals surface area contributed by atoms with E-state index in [-0.39, 0.29) is 17.0 Å². The summed E-state index contributed by atoms with van der Waals surface area (Å²) in [5.74, 6) is 0.591. The molecule has 0 rings (SSSR count). The molecule has 0 radical (unpaired) electrons. The van der Waals surface area contributed by atoms with Crippen LogP contribution in [-0.4, -0.2) is 25.5 Å². The lowest BCUT2D eigenvalue weighted by molar-refractivity contribution is 0.416. The molecular weight excluding hydrogens is 198 g/mol. The maximum atomic E-state index is 11.5. The summed E-state index contributed by atoms with van der Waals surface area (Å²) in [4.78, 5) is 0. The normalized spacial score (nSPS) is 17.0. The Kier molecular flexibility index (Phi) is 5.67. The van der Waals surface area contributed by atoms with Gasteiger partial charge in [-0.05, 0) is 33.1 Å². The van der Waals surface area contributed by atoms with Crippen LogP contribution in [0, 0.1) is 5.92 Å². The molecule has 0 saturated carbocycles. The predicted molar refractivity (Wildman–Crippen MR) is 61.0 cm³/mol. The summed E-state index contributed by atoms with van der Waals surface area (Å²) < 4.78 is 23.1. The summed E-state index contributed by atoms with van der Waals surface area (Å²) in [5.41, 5.74) is 5.76. The molecule has 0 aliphatic heterocycles. The van der Waals surface area contributed by atoms with E-state index in [4.69, 9.17) is 5.73 Å². The van der Waals surface area contributed by atoms with Gasteiger partial charge in [0.2, 0.25) is 0 Å². The van der Waals surface area contributed by atoms with Gasteiger partial charge in [-0.3, -0.25) is 0 Å². The van der Waals surface area contributed by atoms with Gasteiger partial charge in [-0.15, -0.1) is 0 Å². The molecule has 0 heterocycles. The van der Waals surface area contributed by atoms with Crippen LogP contribution in [0.25, 0.3) is 0 Å². The number of sulfone groups is 1. The van der Waals surface area contributed by atoms with E-state index in [0.717, 1.165) is 6.42 Å². The minimum absolute atomic E-state index is 0.0855. The van der Waals surface area contributed by atoms with Crippen LogP contribution >= 0.6 is 0 Å². The van der Waals surface area contributed by atoms with E-state index in [1.54, 1.807) is 13.8 Å². The van der Waals surface area contributed by atoms with Crippen molar-refractivity contribution >= 4 is 9.84 Å². The monoisotopic (exact) mass is 221 g/mol. The van der Waals surface area contributed by atoms with Crippen molar-refractivity contribution in [2.45, 2.75) is 51.8 Å². The molecule has 0 spiro atoms. The summed E-state index contributed by atoms with van der Waals surface area (Å²) in [7, 11) is -2.89. The molecular formula is C10H23NO2S. The van der Waals surface area contributed by atoms with Crippen molar-refractivity contribution in [3.63, 3.8) is 0 Å². The Morgan fingerprint density at radius 3 is 2.00 bits per heavy atom. The molecule has 0 fully saturated rings. The highest BCUT2D eigenvalue weighted by Gasteiger charge is 2.19. The van der Waals surface area contributed by atoms with Crippen molar-refractivity contribution in [1.29, 1.82) is 0 Å². The molecule has 0 aromatic carbocycles. The Morgan fingerprint density at radius 2 is 1.71 bits per heavy atom. The van der Waals surface area contributed by atoms with E-state index in [1.807, 2.05) is 6.92 Å². The second kappa shape index (κ2) is 5.71. The topological polar surface area (TPSA) is 60.2 Å². The first-order valence-electron chi connectivity index (χ1n) is 5.28. The molecule has 14 heavy (non-hydrogen) atoms. The van der Waals surface area contributed by atoms with Gasteiger partial charge in [-0.2, -0.15) is 0 Å². The largest absolute Gasteiger partial charge is 0.328 e. The fraction of sp³-hybridized carbons (Fsp3) is 1.00. The van der Waals surface area contributed by atoms with Gasteiger partial charge >= 0.3 is 0 Å². The maximum absolute atomic E-state index is 11.5. The van der Waals surface area contributed by atoms with Crippen LogP contribution < -0.4 is 5.73 Å². The Morgan fingerprint density at radius 1 is 1.21 bits per heavy atom. The maximum Gasteiger partial charge on any atom is 0.152 e. The Hall–Kier alpha value is -0.0900. The molecule has 0 aromatic heterocycles. The van der Waals surface area contributed by atoms with Crippen molar-refractivity contribution in [2.24, 2.45) is 11.7 Å². The van der Waals surface area contributed by atoms with E-state index in [1.165, 1.54) is 0 Å². The standard InChI is InChI=1S/C10H23NO2S/c1-5-10(9(4)11)6-7-14(12,13)8(2)3/h8-10H,5-7,11H2,1-4H3. The van der Waals surface area contributed by atoms with Crippen molar-refractivity contribution in [2.75, 3.05) is 5.75 Å². The fourth-order valence-electron chi connectivity index (χ4n) is 1.39. The lowest BCUT2D eigenvalue weighted by atomic mass is 9.96. The van der Waals surface area contributed by atoms with E-state index in [9.17, 15) is 8.42 Å². The molecule has 3 nitrogen and oxygen atoms in total. The van der Waals surface area contributed by atoms with Crippen LogP contribution in [0.1, 0.15) is 40.5 Å². The summed E-state index contributed by atoms with van der Waals surface area (Å²) in [5, 5.41) is -0.270. The highest BCUT2D eigenvalue weighted by atomic mass is 32.2. The minimum atomic E-state index is -2.89. The van der Waals surface area contributed by atoms with Crippen LogP contribution in [0.3, 0.4) is 0 Å². The zero-order chi connectivity index (χ0) is 11.4. The highest BCUT2D eigenvalue weighted by Crippen LogP contribution is 2.14. The molecule has 0 saturated heterocycles. The lowest BCUT2D eigenvalue weighted by Crippen LogP contribution is -2.29. The molecule has 4 heteroatoms. The van der Waals surface area contributed by atoms with Crippen molar-refractivity contribution in [3.8, 4) is 0 Å². The lowest BCUT2D eigenvalue weighted by Gasteiger charge is -2.19. The van der Waals surface area contributed by atoms with Crippen LogP contribution in [0.4, 0.5) is 0 Å². The van der Waals surface area contributed by atoms with Gasteiger partial charge < -0.3 is 5.73 Å². The van der Waals surface area contributed by atoms with Crippen molar-refractivity contribution in [1.82, 2.24) is 0 Å². The number of nitrogens with two attached hydrogens (primary N) is 1. The van der Waals surface area contributed by atoms with Crippen molar-refractivity contribution < 1.29 is 8.42 Å². The third kappa shape index (κ3) is 4.42. The fourth-order valence-corrected chi connectivity index (χ4v) is 2.49. The average molecular weight is 221 g/mol. The number of hydrogen-bond acceptors (Lipinski definition) is 3. The van der Waals surface area contributed by atoms with Crippen molar-refractivity contribution in [3.05, 3.63) is 0 Å². The molecule has 0 amide bonds. The molecule has 2 unspecified atom stereocenters. The van der Waals surface area contributed by atoms with Gasteiger partial charge in [0.05, 0.1) is 11.0 Å². The van der Waals surface area contributed by atoms with Gasteiger partial charge in [0.1, 0.15) is 0 Å². The second-order valence-corrected chi connectivity index (χ2v) is 6.91. The zero-order valence-electron chi connectivity index (χ0n) is 9.66. The van der Waals surface area contributed by atoms with Gasteiger partial charge in [-0.25, -0.2) is 8.42 Å². The van der Waals surface area contributed by atoms with Gasteiger partial charge in [-0.1, -0.05) is 13.3 Å². The Balaban J connectivity index is 4.17. The highest BCUT2D eigenvalue weighted by molar-refractivity contribution is 7.91. The average Bonchev–Trinajstić information content (AvgIpc) is 2.04. The molecule has 0 aliphatic carbocycles. The molecule has 2 atom stereocenters. The van der Waals surface area contributed by atoms with E-state index < -0.39 is 9.84 Å². The van der Waals surface area contributed by atoms with E-state index >= 15 is 0 Å². The van der Waals surface area contributed by atoms with Gasteiger partial charge in [0.15, 0.2) is 9.84 Å². The Labute approximate surface area is 88.0 Å². The zero-order valence-corrected chi connectivity index (χ0v) is 10.5. The summed E-state index contributed by atoms with van der Waals surface area (Å²) in [6, 6.07) is 0.0855. The van der Waals surface area contributed by atoms with E-state index in [0.29, 0.717) is 12.3 Å². The summed E-state index contributed by atoms with van der Waals surface area (Å²) in [6.45, 7) is 7.44. The molecule has 86 valence electrons. The first-order valence-corrected chi connectivity index (χ1v) is 7.00. The van der Waals surface area contributed by atoms with Gasteiger partial charge in [0.25, 0.3) is 0 Å². The molecule has 0 bridgehead atoms. The van der Waals surface area contributed by atoms with Crippen LogP contribution in [0.2, 0.25) is 0 Å². The molecule has 2 N–H and O–H groups in total. The van der Waals surface area contributed by atoms with Gasteiger partial charge in [0, 0.05) is 6.04 Å². The second-order valence-electron chi connectivity index (χ2n) is 4.23. The van der Waals surface area contributed by atoms with E-state index in [2.05, 4.69) is 6.92 Å². The minimum Gasteiger partial charge on any atom is -0.328 e. The SMILES string of the molecule is CCC(CCS(=O)(=O)C(C)C)C(C)N. The quantitative estimate of drug-likeness (QED) is 0.740. The first-order chi connectivity index (χ1) is 6.31. The third-order valence-corrected chi connectivity index (χ3v) is 5.00. The summed E-state index contributed by atoms with van der Waals surface area (Å²) >= 11 is 0. The van der Waals surface area contributed by atoms with Crippen LogP contribution in [-0.2, 0) is 9.84 Å². The summed E-state index contributed by atoms with van der Waals surface area (Å²) in [6.07, 6.45) is 1.64. The molecule has 0 aliphatic rings. The smallest absolute Gasteiger partial charge is 0.152 e. The first kappa shape index (κ1) is 13.9. The third-order valence-electron chi connectivity index (χ3n) is 2.76. The van der Waals surface area contributed by atoms with Crippen LogP contribution in [0.15, 0.2) is 0 Å². The predicted octanol–water partition coefficient (Wildman–Crippen LogP) is 1.57. The number of hydrogen-bond donors (Lipinski definition) is 1. The Bertz CT molecular complexity index is 245. The van der Waals surface area contributed by atoms with Crippen LogP contribution in [0.5, 0.6) is 0 Å². The number of rotatable bonds is 6. The molecule has 0 aromatic rings.